The van der Waals surface area contributed by atoms with Crippen molar-refractivity contribution in [1.82, 2.24) is 4.90 Å². The normalized spacial score (nSPS) is 10.5. The van der Waals surface area contributed by atoms with Gasteiger partial charge in [0.25, 0.3) is 0 Å². The van der Waals surface area contributed by atoms with Gasteiger partial charge in [-0.1, -0.05) is 18.2 Å². The van der Waals surface area contributed by atoms with Crippen LogP contribution >= 0.6 is 0 Å². The lowest BCUT2D eigenvalue weighted by Crippen LogP contribution is -2.31. The number of rotatable bonds is 8. The number of para-hydroxylation sites is 1. The predicted molar refractivity (Wildman–Crippen MR) is 81.7 cm³/mol. The number of carbonyl (C=O) groups excluding carboxylic acids is 2. The molecule has 0 bridgehead atoms. The Bertz CT molecular complexity index is 477. The molecule has 1 aromatic carbocycles. The number of nitrogens with two attached hydrogens (primary N) is 1. The van der Waals surface area contributed by atoms with E-state index >= 15 is 0 Å². The van der Waals surface area contributed by atoms with E-state index in [1.54, 1.807) is 0 Å². The zero-order valence-electron chi connectivity index (χ0n) is 12.6. The molecule has 1 amide bonds. The van der Waals surface area contributed by atoms with Gasteiger partial charge < -0.3 is 15.8 Å². The van der Waals surface area contributed by atoms with Crippen LogP contribution in [0.4, 0.5) is 5.69 Å². The summed E-state index contributed by atoms with van der Waals surface area (Å²) in [5, 5.41) is 2.85. The highest BCUT2D eigenvalue weighted by Gasteiger charge is 2.09. The summed E-state index contributed by atoms with van der Waals surface area (Å²) in [6.45, 7) is 1.30. The highest BCUT2D eigenvalue weighted by molar-refractivity contribution is 5.92. The first kappa shape index (κ1) is 17.1. The number of amides is 1. The Balaban J connectivity index is 2.37. The number of hydrogen-bond donors (Lipinski definition) is 2. The molecular weight excluding hydrogens is 270 g/mol. The van der Waals surface area contributed by atoms with Gasteiger partial charge in [0.1, 0.15) is 0 Å². The molecule has 6 nitrogen and oxygen atoms in total. The minimum absolute atomic E-state index is 0.100. The van der Waals surface area contributed by atoms with Crippen LogP contribution in [0.2, 0.25) is 0 Å². The van der Waals surface area contributed by atoms with Gasteiger partial charge in [-0.05, 0) is 31.6 Å². The third-order valence-corrected chi connectivity index (χ3v) is 3.07. The molecule has 6 heteroatoms. The lowest BCUT2D eigenvalue weighted by atomic mass is 10.2. The Morgan fingerprint density at radius 3 is 2.71 bits per heavy atom. The Kier molecular flexibility index (Phi) is 7.42. The maximum atomic E-state index is 12.0. The molecule has 0 spiro atoms. The Morgan fingerprint density at radius 2 is 2.05 bits per heavy atom. The monoisotopic (exact) mass is 293 g/mol. The Morgan fingerprint density at radius 1 is 1.33 bits per heavy atom. The van der Waals surface area contributed by atoms with Gasteiger partial charge in [-0.15, -0.1) is 0 Å². The van der Waals surface area contributed by atoms with Crippen molar-refractivity contribution in [3.8, 4) is 0 Å². The van der Waals surface area contributed by atoms with Gasteiger partial charge in [0.05, 0.1) is 13.7 Å². The number of nitrogens with zero attached hydrogens (tertiary/aromatic N) is 1. The number of esters is 1. The Labute approximate surface area is 125 Å². The summed E-state index contributed by atoms with van der Waals surface area (Å²) in [7, 11) is 3.21. The van der Waals surface area contributed by atoms with Crippen molar-refractivity contribution < 1.29 is 14.3 Å². The van der Waals surface area contributed by atoms with Crippen LogP contribution in [-0.4, -0.2) is 44.0 Å². The predicted octanol–water partition coefficient (Wildman–Crippen LogP) is 0.969. The smallest absolute Gasteiger partial charge is 0.305 e. The van der Waals surface area contributed by atoms with Gasteiger partial charge >= 0.3 is 5.97 Å². The third kappa shape index (κ3) is 6.37. The minimum atomic E-state index is -0.232. The summed E-state index contributed by atoms with van der Waals surface area (Å²) < 4.78 is 4.57. The van der Waals surface area contributed by atoms with E-state index in [1.165, 1.54) is 7.11 Å². The molecular formula is C15H23N3O3. The summed E-state index contributed by atoms with van der Waals surface area (Å²) in [4.78, 5) is 24.8. The van der Waals surface area contributed by atoms with E-state index in [4.69, 9.17) is 5.73 Å². The van der Waals surface area contributed by atoms with E-state index in [0.29, 0.717) is 25.9 Å². The first-order chi connectivity index (χ1) is 10.1. The second kappa shape index (κ2) is 9.10. The first-order valence-electron chi connectivity index (χ1n) is 6.90. The van der Waals surface area contributed by atoms with Crippen molar-refractivity contribution in [2.75, 3.05) is 32.6 Å². The summed E-state index contributed by atoms with van der Waals surface area (Å²) in [6.07, 6.45) is 1.02. The molecule has 116 valence electrons. The maximum Gasteiger partial charge on any atom is 0.305 e. The van der Waals surface area contributed by atoms with Gasteiger partial charge in [0.2, 0.25) is 5.91 Å². The number of carbonyl (C=O) groups is 2. The molecule has 1 aromatic rings. The van der Waals surface area contributed by atoms with Crippen molar-refractivity contribution in [3.05, 3.63) is 29.8 Å². The number of likely N-dealkylation sites (N-methyl/N-ethyl adjacent to an activating group) is 1. The molecule has 0 unspecified atom stereocenters. The molecule has 0 saturated heterocycles. The van der Waals surface area contributed by atoms with Crippen LogP contribution in [0, 0.1) is 0 Å². The number of benzene rings is 1. The van der Waals surface area contributed by atoms with Crippen molar-refractivity contribution in [2.24, 2.45) is 5.73 Å². The first-order valence-corrected chi connectivity index (χ1v) is 6.90. The van der Waals surface area contributed by atoms with E-state index in [9.17, 15) is 9.59 Å². The van der Waals surface area contributed by atoms with E-state index in [1.807, 2.05) is 36.2 Å². The van der Waals surface area contributed by atoms with Crippen molar-refractivity contribution in [2.45, 2.75) is 19.4 Å². The van der Waals surface area contributed by atoms with Gasteiger partial charge in [0, 0.05) is 18.7 Å². The van der Waals surface area contributed by atoms with E-state index in [2.05, 4.69) is 10.1 Å². The second-order valence-corrected chi connectivity index (χ2v) is 4.83. The van der Waals surface area contributed by atoms with E-state index in [-0.39, 0.29) is 18.4 Å². The molecule has 1 rings (SSSR count). The van der Waals surface area contributed by atoms with Crippen molar-refractivity contribution >= 4 is 17.6 Å². The molecule has 0 aliphatic carbocycles. The standard InChI is InChI=1S/C15H23N3O3/c1-18(9-5-8-15(20)21-2)11-14(19)17-13-7-4-3-6-12(13)10-16/h3-4,6-7H,5,8-11,16H2,1-2H3,(H,17,19). The molecule has 0 heterocycles. The molecule has 3 N–H and O–H groups in total. The molecule has 0 radical (unpaired) electrons. The number of nitrogens with one attached hydrogen (secondary N) is 1. The fourth-order valence-electron chi connectivity index (χ4n) is 1.93. The molecule has 0 aliphatic heterocycles. The van der Waals surface area contributed by atoms with Gasteiger partial charge in [-0.2, -0.15) is 0 Å². The van der Waals surface area contributed by atoms with Crippen LogP contribution in [0.25, 0.3) is 0 Å². The molecule has 0 aromatic heterocycles. The van der Waals surface area contributed by atoms with Crippen LogP contribution in [-0.2, 0) is 20.9 Å². The van der Waals surface area contributed by atoms with Crippen LogP contribution in [0.5, 0.6) is 0 Å². The van der Waals surface area contributed by atoms with Crippen molar-refractivity contribution in [3.63, 3.8) is 0 Å². The SMILES string of the molecule is COC(=O)CCCN(C)CC(=O)Nc1ccccc1CN. The molecule has 21 heavy (non-hydrogen) atoms. The number of anilines is 1. The summed E-state index contributed by atoms with van der Waals surface area (Å²) in [5.41, 5.74) is 7.27. The van der Waals surface area contributed by atoms with E-state index < -0.39 is 0 Å². The topological polar surface area (TPSA) is 84.7 Å². The average molecular weight is 293 g/mol. The molecule has 0 atom stereocenters. The highest BCUT2D eigenvalue weighted by Crippen LogP contribution is 2.13. The quantitative estimate of drug-likeness (QED) is 0.698. The molecule has 0 aliphatic rings. The van der Waals surface area contributed by atoms with Crippen LogP contribution in [0.1, 0.15) is 18.4 Å². The molecule has 0 saturated carbocycles. The summed E-state index contributed by atoms with van der Waals surface area (Å²) in [5.74, 6) is -0.332. The summed E-state index contributed by atoms with van der Waals surface area (Å²) in [6, 6.07) is 7.46. The average Bonchev–Trinajstić information content (AvgIpc) is 2.47. The second-order valence-electron chi connectivity index (χ2n) is 4.83. The minimum Gasteiger partial charge on any atom is -0.469 e. The zero-order chi connectivity index (χ0) is 15.7. The van der Waals surface area contributed by atoms with E-state index in [0.717, 1.165) is 11.3 Å². The molecule has 0 fully saturated rings. The van der Waals surface area contributed by atoms with Gasteiger partial charge in [0.15, 0.2) is 0 Å². The summed E-state index contributed by atoms with van der Waals surface area (Å²) >= 11 is 0. The van der Waals surface area contributed by atoms with Crippen LogP contribution < -0.4 is 11.1 Å². The fourth-order valence-corrected chi connectivity index (χ4v) is 1.93. The number of hydrogen-bond acceptors (Lipinski definition) is 5. The maximum absolute atomic E-state index is 12.0. The largest absolute Gasteiger partial charge is 0.469 e. The van der Waals surface area contributed by atoms with Crippen molar-refractivity contribution in [1.29, 1.82) is 0 Å². The van der Waals surface area contributed by atoms with Crippen LogP contribution in [0.3, 0.4) is 0 Å². The highest BCUT2D eigenvalue weighted by atomic mass is 16.5. The lowest BCUT2D eigenvalue weighted by molar-refractivity contribution is -0.140. The number of methoxy groups -OCH3 is 1. The van der Waals surface area contributed by atoms with Gasteiger partial charge in [-0.25, -0.2) is 0 Å². The number of ether oxygens (including phenoxy) is 1. The van der Waals surface area contributed by atoms with Crippen LogP contribution in [0.15, 0.2) is 24.3 Å². The van der Waals surface area contributed by atoms with Gasteiger partial charge in [-0.3, -0.25) is 14.5 Å². The fraction of sp³-hybridized carbons (Fsp3) is 0.467. The lowest BCUT2D eigenvalue weighted by Gasteiger charge is -2.16. The third-order valence-electron chi connectivity index (χ3n) is 3.07. The zero-order valence-corrected chi connectivity index (χ0v) is 12.6. The Hall–Kier alpha value is -1.92.